The number of nitrogens with zero attached hydrogens (tertiary/aromatic N) is 2. The van der Waals surface area contributed by atoms with Crippen LogP contribution in [0, 0.1) is 0 Å². The van der Waals surface area contributed by atoms with Gasteiger partial charge in [-0.3, -0.25) is 14.8 Å². The van der Waals surface area contributed by atoms with Crippen molar-refractivity contribution in [3.8, 4) is 5.75 Å². The van der Waals surface area contributed by atoms with Gasteiger partial charge in [-0.1, -0.05) is 11.6 Å². The lowest BCUT2D eigenvalue weighted by atomic mass is 9.92. The van der Waals surface area contributed by atoms with Crippen molar-refractivity contribution < 1.29 is 9.53 Å². The van der Waals surface area contributed by atoms with Gasteiger partial charge in [0, 0.05) is 39.9 Å². The molecule has 0 saturated carbocycles. The second-order valence-corrected chi connectivity index (χ2v) is 6.08. The first-order valence-corrected chi connectivity index (χ1v) is 8.01. The van der Waals surface area contributed by atoms with Gasteiger partial charge in [-0.25, -0.2) is 0 Å². The Morgan fingerprint density at radius 3 is 3.04 bits per heavy atom. The molecule has 4 rings (SSSR count). The molecule has 0 fully saturated rings. The zero-order valence-electron chi connectivity index (χ0n) is 12.7. The maximum absolute atomic E-state index is 12.8. The molecule has 6 heteroatoms. The van der Waals surface area contributed by atoms with E-state index in [9.17, 15) is 4.79 Å². The molecule has 3 aromatic rings. The van der Waals surface area contributed by atoms with E-state index in [2.05, 4.69) is 15.3 Å². The van der Waals surface area contributed by atoms with Crippen LogP contribution in [0.25, 0.3) is 10.8 Å². The Morgan fingerprint density at radius 2 is 2.12 bits per heavy atom. The van der Waals surface area contributed by atoms with E-state index < -0.39 is 0 Å². The molecular formula is C18H14ClN3O2. The lowest BCUT2D eigenvalue weighted by Crippen LogP contribution is -2.26. The average molecular weight is 340 g/mol. The molecule has 0 bridgehead atoms. The second kappa shape index (κ2) is 6.09. The Kier molecular flexibility index (Phi) is 3.78. The van der Waals surface area contributed by atoms with Gasteiger partial charge in [-0.05, 0) is 30.7 Å². The largest absolute Gasteiger partial charge is 0.493 e. The summed E-state index contributed by atoms with van der Waals surface area (Å²) in [6.45, 7) is 0.502. The minimum Gasteiger partial charge on any atom is -0.493 e. The molecule has 1 N–H and O–H groups in total. The van der Waals surface area contributed by atoms with E-state index in [1.54, 1.807) is 43.0 Å². The smallest absolute Gasteiger partial charge is 0.232 e. The van der Waals surface area contributed by atoms with Crippen LogP contribution in [0.2, 0.25) is 5.02 Å². The van der Waals surface area contributed by atoms with Gasteiger partial charge in [0.1, 0.15) is 5.75 Å². The average Bonchev–Trinajstić information content (AvgIpc) is 2.61. The van der Waals surface area contributed by atoms with E-state index in [0.29, 0.717) is 29.5 Å². The van der Waals surface area contributed by atoms with Crippen LogP contribution in [0.5, 0.6) is 5.75 Å². The number of carbonyl (C=O) groups is 1. The molecule has 0 spiro atoms. The molecule has 2 aromatic heterocycles. The molecule has 1 amide bonds. The third-order valence-electron chi connectivity index (χ3n) is 4.15. The minimum absolute atomic E-state index is 0.0973. The summed E-state index contributed by atoms with van der Waals surface area (Å²) in [5, 5.41) is 5.36. The van der Waals surface area contributed by atoms with Crippen LogP contribution in [-0.2, 0) is 4.79 Å². The topological polar surface area (TPSA) is 64.1 Å². The minimum atomic E-state index is -0.306. The fourth-order valence-electron chi connectivity index (χ4n) is 2.96. The van der Waals surface area contributed by atoms with E-state index in [4.69, 9.17) is 16.3 Å². The number of halogens is 1. The highest BCUT2D eigenvalue weighted by Gasteiger charge is 2.28. The number of benzene rings is 1. The quantitative estimate of drug-likeness (QED) is 0.771. The summed E-state index contributed by atoms with van der Waals surface area (Å²) in [6, 6.07) is 7.23. The molecular weight excluding hydrogens is 326 g/mol. The van der Waals surface area contributed by atoms with Crippen molar-refractivity contribution in [3.63, 3.8) is 0 Å². The Balaban J connectivity index is 1.67. The van der Waals surface area contributed by atoms with Gasteiger partial charge in [0.15, 0.2) is 0 Å². The Labute approximate surface area is 143 Å². The van der Waals surface area contributed by atoms with Crippen LogP contribution in [0.4, 0.5) is 5.69 Å². The standard InChI is InChI=1S/C18H14ClN3O2/c19-12-1-2-17-14(7-12)13(4-6-24-17)18(23)22-16-10-21-8-11-3-5-20-9-15(11)16/h1-3,5,7-10,13H,4,6H2,(H,22,23)/t13-/m0/s1. The predicted octanol–water partition coefficient (Wildman–Crippen LogP) is 3.79. The number of hydrogen-bond donors (Lipinski definition) is 1. The van der Waals surface area contributed by atoms with E-state index in [0.717, 1.165) is 16.3 Å². The highest BCUT2D eigenvalue weighted by Crippen LogP contribution is 2.36. The van der Waals surface area contributed by atoms with E-state index in [1.165, 1.54) is 0 Å². The zero-order chi connectivity index (χ0) is 16.5. The zero-order valence-corrected chi connectivity index (χ0v) is 13.5. The maximum atomic E-state index is 12.8. The molecule has 1 aromatic carbocycles. The van der Waals surface area contributed by atoms with E-state index in [1.807, 2.05) is 6.07 Å². The number of pyridine rings is 2. The number of ether oxygens (including phenoxy) is 1. The number of fused-ring (bicyclic) bond motifs is 2. The molecule has 5 nitrogen and oxygen atoms in total. The summed E-state index contributed by atoms with van der Waals surface area (Å²) in [4.78, 5) is 21.1. The fraction of sp³-hybridized carbons (Fsp3) is 0.167. The molecule has 120 valence electrons. The van der Waals surface area contributed by atoms with Crippen molar-refractivity contribution in [1.29, 1.82) is 0 Å². The second-order valence-electron chi connectivity index (χ2n) is 5.64. The normalized spacial score (nSPS) is 16.3. The van der Waals surface area contributed by atoms with Crippen LogP contribution < -0.4 is 10.1 Å². The van der Waals surface area contributed by atoms with Gasteiger partial charge in [0.05, 0.1) is 24.4 Å². The predicted molar refractivity (Wildman–Crippen MR) is 92.5 cm³/mol. The number of anilines is 1. The molecule has 0 unspecified atom stereocenters. The van der Waals surface area contributed by atoms with Crippen molar-refractivity contribution in [2.45, 2.75) is 12.3 Å². The van der Waals surface area contributed by atoms with Crippen molar-refractivity contribution in [1.82, 2.24) is 9.97 Å². The van der Waals surface area contributed by atoms with Gasteiger partial charge < -0.3 is 10.1 Å². The van der Waals surface area contributed by atoms with Gasteiger partial charge >= 0.3 is 0 Å². The van der Waals surface area contributed by atoms with Gasteiger partial charge in [0.2, 0.25) is 5.91 Å². The third kappa shape index (κ3) is 2.67. The third-order valence-corrected chi connectivity index (χ3v) is 4.38. The first kappa shape index (κ1) is 14.9. The molecule has 0 saturated heterocycles. The van der Waals surface area contributed by atoms with Crippen LogP contribution in [-0.4, -0.2) is 22.5 Å². The number of amides is 1. The molecule has 24 heavy (non-hydrogen) atoms. The Morgan fingerprint density at radius 1 is 1.21 bits per heavy atom. The van der Waals surface area contributed by atoms with E-state index in [-0.39, 0.29) is 11.8 Å². The molecule has 1 aliphatic heterocycles. The number of carbonyl (C=O) groups excluding carboxylic acids is 1. The molecule has 1 aliphatic rings. The SMILES string of the molecule is O=C(Nc1cncc2ccncc12)[C@H]1CCOc2ccc(Cl)cc21. The van der Waals surface area contributed by atoms with E-state index >= 15 is 0 Å². The summed E-state index contributed by atoms with van der Waals surface area (Å²) in [5.41, 5.74) is 1.47. The monoisotopic (exact) mass is 339 g/mol. The Bertz CT molecular complexity index is 924. The summed E-state index contributed by atoms with van der Waals surface area (Å²) in [6.07, 6.45) is 7.42. The van der Waals surface area contributed by atoms with Crippen LogP contribution in [0.3, 0.4) is 0 Å². The first-order valence-electron chi connectivity index (χ1n) is 7.63. The van der Waals surface area contributed by atoms with Gasteiger partial charge in [0.25, 0.3) is 0 Å². The van der Waals surface area contributed by atoms with Crippen LogP contribution in [0.1, 0.15) is 17.9 Å². The van der Waals surface area contributed by atoms with Crippen LogP contribution >= 0.6 is 11.6 Å². The number of rotatable bonds is 2. The maximum Gasteiger partial charge on any atom is 0.232 e. The molecule has 0 radical (unpaired) electrons. The molecule has 0 aliphatic carbocycles. The summed E-state index contributed by atoms with van der Waals surface area (Å²) >= 11 is 6.08. The van der Waals surface area contributed by atoms with Gasteiger partial charge in [-0.2, -0.15) is 0 Å². The van der Waals surface area contributed by atoms with Crippen LogP contribution in [0.15, 0.2) is 49.1 Å². The molecule has 1 atom stereocenters. The summed E-state index contributed by atoms with van der Waals surface area (Å²) in [7, 11) is 0. The molecule has 3 heterocycles. The van der Waals surface area contributed by atoms with Gasteiger partial charge in [-0.15, -0.1) is 0 Å². The number of nitrogens with one attached hydrogen (secondary N) is 1. The lowest BCUT2D eigenvalue weighted by Gasteiger charge is -2.25. The number of hydrogen-bond acceptors (Lipinski definition) is 4. The summed E-state index contributed by atoms with van der Waals surface area (Å²) < 4.78 is 5.62. The van der Waals surface area contributed by atoms with Crippen molar-refractivity contribution in [2.75, 3.05) is 11.9 Å². The first-order chi connectivity index (χ1) is 11.7. The van der Waals surface area contributed by atoms with Crippen molar-refractivity contribution in [3.05, 3.63) is 59.6 Å². The van der Waals surface area contributed by atoms with Crippen molar-refractivity contribution >= 4 is 34.0 Å². The highest BCUT2D eigenvalue weighted by molar-refractivity contribution is 6.30. The lowest BCUT2D eigenvalue weighted by molar-refractivity contribution is -0.118. The highest BCUT2D eigenvalue weighted by atomic mass is 35.5. The summed E-state index contributed by atoms with van der Waals surface area (Å²) in [5.74, 6) is 0.308. The van der Waals surface area contributed by atoms with Crippen molar-refractivity contribution in [2.24, 2.45) is 0 Å². The Hall–Kier alpha value is -2.66. The fourth-order valence-corrected chi connectivity index (χ4v) is 3.14. The number of aromatic nitrogens is 2.